The molecule has 0 radical (unpaired) electrons. The number of carbonyl (C=O) groups excluding carboxylic acids is 2. The second kappa shape index (κ2) is 8.04. The minimum absolute atomic E-state index is 0.219. The van der Waals surface area contributed by atoms with Crippen LogP contribution in [0.2, 0.25) is 0 Å². The van der Waals surface area contributed by atoms with Gasteiger partial charge >= 0.3 is 5.97 Å². The Labute approximate surface area is 197 Å². The third-order valence-corrected chi connectivity index (χ3v) is 7.55. The number of nitrogens with zero attached hydrogens (tertiary/aromatic N) is 3. The van der Waals surface area contributed by atoms with Crippen molar-refractivity contribution in [2.24, 2.45) is 5.41 Å². The van der Waals surface area contributed by atoms with Gasteiger partial charge in [0, 0.05) is 49.7 Å². The van der Waals surface area contributed by atoms with Gasteiger partial charge in [0.05, 0.1) is 25.0 Å². The lowest BCUT2D eigenvalue weighted by molar-refractivity contribution is -0.133. The fourth-order valence-electron chi connectivity index (χ4n) is 5.62. The molecule has 0 amide bonds. The van der Waals surface area contributed by atoms with Crippen molar-refractivity contribution in [3.05, 3.63) is 42.1 Å². The molecule has 3 aromatic rings. The van der Waals surface area contributed by atoms with E-state index in [1.54, 1.807) is 0 Å². The van der Waals surface area contributed by atoms with Crippen LogP contribution in [0.15, 0.2) is 36.5 Å². The van der Waals surface area contributed by atoms with E-state index in [4.69, 9.17) is 9.47 Å². The second-order valence-corrected chi connectivity index (χ2v) is 9.65. The van der Waals surface area contributed by atoms with Crippen LogP contribution >= 0.6 is 0 Å². The smallest absolute Gasteiger partial charge is 0.339 e. The van der Waals surface area contributed by atoms with Crippen molar-refractivity contribution in [2.75, 3.05) is 43.2 Å². The molecule has 1 N–H and O–H groups in total. The number of pyridine rings is 1. The van der Waals surface area contributed by atoms with Crippen molar-refractivity contribution < 1.29 is 19.1 Å². The maximum absolute atomic E-state index is 12.7. The van der Waals surface area contributed by atoms with Crippen LogP contribution in [0.3, 0.4) is 0 Å². The summed E-state index contributed by atoms with van der Waals surface area (Å²) in [5.74, 6) is 0.586. The highest BCUT2D eigenvalue weighted by molar-refractivity contribution is 5.98. The van der Waals surface area contributed by atoms with Crippen LogP contribution in [0.1, 0.15) is 42.5 Å². The fourth-order valence-corrected chi connectivity index (χ4v) is 5.62. The highest BCUT2D eigenvalue weighted by Gasteiger charge is 2.45. The summed E-state index contributed by atoms with van der Waals surface area (Å²) in [5.41, 5.74) is 4.23. The van der Waals surface area contributed by atoms with Crippen molar-refractivity contribution in [1.82, 2.24) is 9.97 Å². The molecule has 176 valence electrons. The first-order valence-electron chi connectivity index (χ1n) is 11.9. The third-order valence-electron chi connectivity index (χ3n) is 7.55. The molecule has 3 aliphatic rings. The zero-order valence-electron chi connectivity index (χ0n) is 19.3. The Balaban J connectivity index is 1.39. The number of hydrogen-bond acceptors (Lipinski definition) is 7. The topological polar surface area (TPSA) is 87.8 Å². The molecule has 2 fully saturated rings. The van der Waals surface area contributed by atoms with Gasteiger partial charge in [0.1, 0.15) is 17.1 Å². The molecule has 1 aromatic carbocycles. The summed E-state index contributed by atoms with van der Waals surface area (Å²) in [6.07, 6.45) is 6.19. The second-order valence-electron chi connectivity index (χ2n) is 9.65. The van der Waals surface area contributed by atoms with E-state index in [0.29, 0.717) is 30.4 Å². The molecule has 0 atom stereocenters. The molecule has 0 unspecified atom stereocenters. The predicted octanol–water partition coefficient (Wildman–Crippen LogP) is 4.22. The molecule has 2 aromatic heterocycles. The van der Waals surface area contributed by atoms with E-state index >= 15 is 0 Å². The van der Waals surface area contributed by atoms with Crippen LogP contribution in [-0.4, -0.2) is 55.1 Å². The third kappa shape index (κ3) is 3.48. The van der Waals surface area contributed by atoms with Crippen LogP contribution in [0.5, 0.6) is 5.88 Å². The first-order valence-corrected chi connectivity index (χ1v) is 11.9. The van der Waals surface area contributed by atoms with E-state index in [-0.39, 0.29) is 11.4 Å². The summed E-state index contributed by atoms with van der Waals surface area (Å²) in [7, 11) is 1.41. The first kappa shape index (κ1) is 21.0. The Morgan fingerprint density at radius 3 is 2.71 bits per heavy atom. The van der Waals surface area contributed by atoms with Crippen molar-refractivity contribution in [3.63, 3.8) is 0 Å². The van der Waals surface area contributed by atoms with E-state index < -0.39 is 0 Å². The number of piperidine rings is 1. The summed E-state index contributed by atoms with van der Waals surface area (Å²) in [4.78, 5) is 36.7. The molecule has 4 heterocycles. The molecule has 8 heteroatoms. The van der Waals surface area contributed by atoms with Crippen LogP contribution < -0.4 is 14.5 Å². The summed E-state index contributed by atoms with van der Waals surface area (Å²) in [6, 6.07) is 10.0. The quantitative estimate of drug-likeness (QED) is 0.586. The number of nitrogens with one attached hydrogen (secondary N) is 1. The van der Waals surface area contributed by atoms with Gasteiger partial charge in [-0.1, -0.05) is 0 Å². The Kier molecular flexibility index (Phi) is 4.97. The number of esters is 1. The number of aromatic amines is 1. The Bertz CT molecular complexity index is 1270. The minimum atomic E-state index is -0.366. The standard InChI is InChI=1S/C26H28N4O4/c1-33-25(32)20-4-3-18(29-10-6-26(7-11-29)15-19(31)16-26)14-21(20)30-9-2-12-34-24-22(30)13-17-5-8-27-23(17)28-24/h3-5,8,13-14H,2,6-7,9-12,15-16H2,1H3,(H,27,28). The van der Waals surface area contributed by atoms with E-state index in [2.05, 4.69) is 31.9 Å². The Hall–Kier alpha value is -3.55. The lowest BCUT2D eigenvalue weighted by Crippen LogP contribution is -2.47. The van der Waals surface area contributed by atoms with Gasteiger partial charge in [0.2, 0.25) is 5.88 Å². The number of benzene rings is 1. The number of carbonyl (C=O) groups is 2. The number of methoxy groups -OCH3 is 1. The van der Waals surface area contributed by atoms with Crippen LogP contribution in [0, 0.1) is 5.41 Å². The molecule has 1 saturated heterocycles. The van der Waals surface area contributed by atoms with Gasteiger partial charge in [-0.3, -0.25) is 4.79 Å². The number of ether oxygens (including phenoxy) is 2. The summed E-state index contributed by atoms with van der Waals surface area (Å²) < 4.78 is 11.1. The van der Waals surface area contributed by atoms with E-state index in [1.807, 2.05) is 24.4 Å². The van der Waals surface area contributed by atoms with Crippen molar-refractivity contribution in [3.8, 4) is 5.88 Å². The maximum Gasteiger partial charge on any atom is 0.339 e. The lowest BCUT2D eigenvalue weighted by Gasteiger charge is -2.47. The summed E-state index contributed by atoms with van der Waals surface area (Å²) in [5, 5.41) is 0.987. The number of anilines is 3. The zero-order chi connectivity index (χ0) is 23.3. The van der Waals surface area contributed by atoms with Gasteiger partial charge in [0.25, 0.3) is 0 Å². The molecule has 2 aliphatic heterocycles. The number of hydrogen-bond donors (Lipinski definition) is 1. The van der Waals surface area contributed by atoms with Gasteiger partial charge in [-0.2, -0.15) is 4.98 Å². The maximum atomic E-state index is 12.7. The molecule has 1 saturated carbocycles. The number of aromatic nitrogens is 2. The molecule has 34 heavy (non-hydrogen) atoms. The number of rotatable bonds is 3. The van der Waals surface area contributed by atoms with Crippen LogP contribution in [0.25, 0.3) is 11.0 Å². The number of Topliss-reactive ketones (excluding diaryl/α,β-unsaturated/α-hetero) is 1. The molecule has 8 nitrogen and oxygen atoms in total. The van der Waals surface area contributed by atoms with Gasteiger partial charge in [0.15, 0.2) is 0 Å². The van der Waals surface area contributed by atoms with E-state index in [1.165, 1.54) is 7.11 Å². The fraction of sp³-hybridized carbons (Fsp3) is 0.423. The summed E-state index contributed by atoms with van der Waals surface area (Å²) >= 11 is 0. The summed E-state index contributed by atoms with van der Waals surface area (Å²) in [6.45, 7) is 3.08. The Morgan fingerprint density at radius 1 is 1.12 bits per heavy atom. The molecule has 6 rings (SSSR count). The monoisotopic (exact) mass is 460 g/mol. The van der Waals surface area contributed by atoms with Gasteiger partial charge in [-0.25, -0.2) is 4.79 Å². The SMILES string of the molecule is COC(=O)c1ccc(N2CCC3(CC2)CC(=O)C3)cc1N1CCCOc2nc3[nH]ccc3cc21. The van der Waals surface area contributed by atoms with E-state index in [0.717, 1.165) is 73.3 Å². The van der Waals surface area contributed by atoms with E-state index in [9.17, 15) is 9.59 Å². The highest BCUT2D eigenvalue weighted by Crippen LogP contribution is 2.48. The van der Waals surface area contributed by atoms with Crippen molar-refractivity contribution >= 4 is 39.8 Å². The first-order chi connectivity index (χ1) is 16.5. The molecular formula is C26H28N4O4. The normalized spacial score (nSPS) is 19.4. The molecular weight excluding hydrogens is 432 g/mol. The number of ketones is 1. The van der Waals surface area contributed by atoms with Gasteiger partial charge < -0.3 is 24.3 Å². The van der Waals surface area contributed by atoms with Gasteiger partial charge in [-0.15, -0.1) is 0 Å². The van der Waals surface area contributed by atoms with Crippen molar-refractivity contribution in [1.29, 1.82) is 0 Å². The average molecular weight is 461 g/mol. The largest absolute Gasteiger partial charge is 0.476 e. The minimum Gasteiger partial charge on any atom is -0.476 e. The molecule has 1 aliphatic carbocycles. The highest BCUT2D eigenvalue weighted by atomic mass is 16.5. The van der Waals surface area contributed by atoms with Crippen LogP contribution in [-0.2, 0) is 9.53 Å². The Morgan fingerprint density at radius 2 is 1.94 bits per heavy atom. The van der Waals surface area contributed by atoms with Crippen molar-refractivity contribution in [2.45, 2.75) is 32.1 Å². The number of fused-ring (bicyclic) bond motifs is 2. The van der Waals surface area contributed by atoms with Gasteiger partial charge in [-0.05, 0) is 55.0 Å². The van der Waals surface area contributed by atoms with Crippen LogP contribution in [0.4, 0.5) is 17.1 Å². The number of H-pyrrole nitrogens is 1. The lowest BCUT2D eigenvalue weighted by atomic mass is 9.62. The predicted molar refractivity (Wildman–Crippen MR) is 129 cm³/mol. The molecule has 1 spiro atoms. The average Bonchev–Trinajstić information content (AvgIpc) is 3.20. The molecule has 0 bridgehead atoms. The zero-order valence-corrected chi connectivity index (χ0v) is 19.3.